The highest BCUT2D eigenvalue weighted by Gasteiger charge is 2.16. The third-order valence-corrected chi connectivity index (χ3v) is 3.87. The van der Waals surface area contributed by atoms with Crippen molar-refractivity contribution in [3.8, 4) is 0 Å². The summed E-state index contributed by atoms with van der Waals surface area (Å²) in [6.45, 7) is 12.3. The molecule has 0 fully saturated rings. The summed E-state index contributed by atoms with van der Waals surface area (Å²) >= 11 is 0. The van der Waals surface area contributed by atoms with E-state index in [0.717, 1.165) is 11.3 Å². The highest BCUT2D eigenvalue weighted by molar-refractivity contribution is 5.78. The second-order valence-electron chi connectivity index (χ2n) is 6.05. The molecule has 0 aliphatic rings. The molecular weight excluding hydrogens is 260 g/mol. The van der Waals surface area contributed by atoms with Crippen LogP contribution in [-0.4, -0.2) is 15.5 Å². The van der Waals surface area contributed by atoms with Gasteiger partial charge in [0.15, 0.2) is 0 Å². The van der Waals surface area contributed by atoms with E-state index in [4.69, 9.17) is 0 Å². The Morgan fingerprint density at radius 3 is 2.71 bits per heavy atom. The van der Waals surface area contributed by atoms with Crippen LogP contribution in [0, 0.1) is 19.8 Å². The standard InChI is InChI=1S/C18H23N2O/c1-12(2)9-18(21)20-10-17(19-11-20)15(5)16-8-6-7-13(3)14(16)4/h6-8,10-12,15H,3,9H2,1-2,4-5H3/t15-/m0/s1. The van der Waals surface area contributed by atoms with E-state index in [-0.39, 0.29) is 11.8 Å². The van der Waals surface area contributed by atoms with Crippen LogP contribution in [-0.2, 0) is 0 Å². The summed E-state index contributed by atoms with van der Waals surface area (Å²) < 4.78 is 1.61. The van der Waals surface area contributed by atoms with Crippen LogP contribution in [0.25, 0.3) is 0 Å². The molecule has 2 rings (SSSR count). The van der Waals surface area contributed by atoms with E-state index in [9.17, 15) is 4.79 Å². The van der Waals surface area contributed by atoms with E-state index in [1.807, 2.05) is 32.2 Å². The second-order valence-corrected chi connectivity index (χ2v) is 6.05. The first-order valence-electron chi connectivity index (χ1n) is 7.38. The lowest BCUT2D eigenvalue weighted by Gasteiger charge is -2.14. The van der Waals surface area contributed by atoms with Gasteiger partial charge >= 0.3 is 0 Å². The van der Waals surface area contributed by atoms with Crippen LogP contribution >= 0.6 is 0 Å². The average molecular weight is 283 g/mol. The van der Waals surface area contributed by atoms with E-state index >= 15 is 0 Å². The number of rotatable bonds is 4. The first kappa shape index (κ1) is 15.5. The molecule has 3 heteroatoms. The minimum atomic E-state index is 0.0959. The number of hydrogen-bond acceptors (Lipinski definition) is 2. The molecule has 1 aromatic heterocycles. The Balaban J connectivity index is 2.25. The Bertz CT molecular complexity index is 640. The van der Waals surface area contributed by atoms with Gasteiger partial charge in [0.2, 0.25) is 5.91 Å². The molecule has 0 saturated heterocycles. The van der Waals surface area contributed by atoms with Crippen molar-refractivity contribution in [1.82, 2.24) is 9.55 Å². The van der Waals surface area contributed by atoms with E-state index in [0.29, 0.717) is 12.3 Å². The first-order valence-corrected chi connectivity index (χ1v) is 7.38. The zero-order valence-corrected chi connectivity index (χ0v) is 13.3. The summed E-state index contributed by atoms with van der Waals surface area (Å²) in [4.78, 5) is 16.5. The second kappa shape index (κ2) is 6.25. The summed E-state index contributed by atoms with van der Waals surface area (Å²) in [5.41, 5.74) is 4.35. The van der Waals surface area contributed by atoms with Crippen molar-refractivity contribution in [3.05, 3.63) is 60.0 Å². The van der Waals surface area contributed by atoms with Gasteiger partial charge in [-0.25, -0.2) is 4.98 Å². The number of benzene rings is 1. The Morgan fingerprint density at radius 2 is 2.05 bits per heavy atom. The van der Waals surface area contributed by atoms with Crippen LogP contribution < -0.4 is 0 Å². The molecule has 0 saturated carbocycles. The third kappa shape index (κ3) is 3.41. The Hall–Kier alpha value is -1.90. The number of carbonyl (C=O) groups is 1. The molecule has 0 amide bonds. The molecule has 1 radical (unpaired) electrons. The normalized spacial score (nSPS) is 12.7. The van der Waals surface area contributed by atoms with Crippen LogP contribution in [0.1, 0.15) is 60.3 Å². The van der Waals surface area contributed by atoms with Crippen molar-refractivity contribution in [3.63, 3.8) is 0 Å². The van der Waals surface area contributed by atoms with Crippen molar-refractivity contribution in [2.24, 2.45) is 5.92 Å². The van der Waals surface area contributed by atoms with E-state index in [2.05, 4.69) is 31.8 Å². The zero-order chi connectivity index (χ0) is 15.6. The number of hydrogen-bond donors (Lipinski definition) is 0. The fourth-order valence-corrected chi connectivity index (χ4v) is 2.48. The molecule has 0 bridgehead atoms. The van der Waals surface area contributed by atoms with Crippen molar-refractivity contribution in [1.29, 1.82) is 0 Å². The van der Waals surface area contributed by atoms with Gasteiger partial charge in [0.05, 0.1) is 5.69 Å². The summed E-state index contributed by atoms with van der Waals surface area (Å²) in [6.07, 6.45) is 4.02. The fraction of sp³-hybridized carbons (Fsp3) is 0.389. The van der Waals surface area contributed by atoms with Gasteiger partial charge in [-0.3, -0.25) is 9.36 Å². The predicted molar refractivity (Wildman–Crippen MR) is 85.5 cm³/mol. The molecule has 0 aliphatic carbocycles. The monoisotopic (exact) mass is 283 g/mol. The quantitative estimate of drug-likeness (QED) is 0.842. The third-order valence-electron chi connectivity index (χ3n) is 3.87. The van der Waals surface area contributed by atoms with Gasteiger partial charge in [-0.2, -0.15) is 0 Å². The van der Waals surface area contributed by atoms with E-state index in [1.54, 1.807) is 10.9 Å². The van der Waals surface area contributed by atoms with Gasteiger partial charge in [0.1, 0.15) is 6.33 Å². The zero-order valence-electron chi connectivity index (χ0n) is 13.3. The minimum Gasteiger partial charge on any atom is -0.276 e. The molecule has 1 aromatic carbocycles. The van der Waals surface area contributed by atoms with Gasteiger partial charge in [-0.1, -0.05) is 39.0 Å². The largest absolute Gasteiger partial charge is 0.276 e. The Kier molecular flexibility index (Phi) is 4.61. The summed E-state index contributed by atoms with van der Waals surface area (Å²) in [7, 11) is 0. The number of imidazole rings is 1. The molecule has 21 heavy (non-hydrogen) atoms. The molecule has 0 unspecified atom stereocenters. The van der Waals surface area contributed by atoms with Crippen LogP contribution in [0.2, 0.25) is 0 Å². The van der Waals surface area contributed by atoms with Gasteiger partial charge in [-0.15, -0.1) is 0 Å². The molecule has 0 aliphatic heterocycles. The maximum Gasteiger partial charge on any atom is 0.232 e. The van der Waals surface area contributed by atoms with Gasteiger partial charge in [-0.05, 0) is 36.5 Å². The van der Waals surface area contributed by atoms with Gasteiger partial charge in [0, 0.05) is 18.5 Å². The maximum atomic E-state index is 12.1. The van der Waals surface area contributed by atoms with Gasteiger partial charge < -0.3 is 0 Å². The number of carbonyl (C=O) groups excluding carboxylic acids is 1. The number of nitrogens with zero attached hydrogens (tertiary/aromatic N) is 2. The summed E-state index contributed by atoms with van der Waals surface area (Å²) in [5, 5.41) is 0. The maximum absolute atomic E-state index is 12.1. The molecule has 0 N–H and O–H groups in total. The average Bonchev–Trinajstić information content (AvgIpc) is 2.90. The van der Waals surface area contributed by atoms with E-state index in [1.165, 1.54) is 11.1 Å². The fourth-order valence-electron chi connectivity index (χ4n) is 2.48. The smallest absolute Gasteiger partial charge is 0.232 e. The van der Waals surface area contributed by atoms with Crippen LogP contribution in [0.15, 0.2) is 30.7 Å². The highest BCUT2D eigenvalue weighted by atomic mass is 16.2. The molecule has 2 aromatic rings. The molecule has 111 valence electrons. The molecular formula is C18H23N2O. The molecule has 1 heterocycles. The van der Waals surface area contributed by atoms with Crippen molar-refractivity contribution < 1.29 is 4.79 Å². The van der Waals surface area contributed by atoms with Gasteiger partial charge in [0.25, 0.3) is 0 Å². The van der Waals surface area contributed by atoms with Crippen LogP contribution in [0.5, 0.6) is 0 Å². The topological polar surface area (TPSA) is 34.9 Å². The molecule has 3 nitrogen and oxygen atoms in total. The summed E-state index contributed by atoms with van der Waals surface area (Å²) in [5.74, 6) is 0.601. The first-order chi connectivity index (χ1) is 9.90. The summed E-state index contributed by atoms with van der Waals surface area (Å²) in [6, 6.07) is 6.13. The van der Waals surface area contributed by atoms with E-state index < -0.39 is 0 Å². The van der Waals surface area contributed by atoms with Crippen LogP contribution in [0.3, 0.4) is 0 Å². The van der Waals surface area contributed by atoms with Crippen molar-refractivity contribution in [2.75, 3.05) is 0 Å². The minimum absolute atomic E-state index is 0.0959. The predicted octanol–water partition coefficient (Wildman–Crippen LogP) is 4.21. The van der Waals surface area contributed by atoms with Crippen molar-refractivity contribution >= 4 is 5.91 Å². The Morgan fingerprint density at radius 1 is 1.33 bits per heavy atom. The Labute approximate surface area is 127 Å². The lowest BCUT2D eigenvalue weighted by Crippen LogP contribution is -2.11. The number of aromatic nitrogens is 2. The lowest BCUT2D eigenvalue weighted by molar-refractivity contribution is 0.0886. The molecule has 1 atom stereocenters. The van der Waals surface area contributed by atoms with Crippen LogP contribution in [0.4, 0.5) is 0 Å². The van der Waals surface area contributed by atoms with Crippen molar-refractivity contribution in [2.45, 2.75) is 40.0 Å². The molecule has 0 spiro atoms. The lowest BCUT2D eigenvalue weighted by atomic mass is 9.92. The highest BCUT2D eigenvalue weighted by Crippen LogP contribution is 2.27. The SMILES string of the molecule is [CH2]c1cccc([C@H](C)c2cn(C(=O)CC(C)C)cn2)c1C.